The number of rotatable bonds is 3. The molecule has 3 heteroatoms. The number of aromatic nitrogens is 1. The van der Waals surface area contributed by atoms with E-state index in [0.29, 0.717) is 0 Å². The zero-order valence-corrected chi connectivity index (χ0v) is 18.9. The zero-order valence-electron chi connectivity index (χ0n) is 17.2. The third kappa shape index (κ3) is 3.84. The van der Waals surface area contributed by atoms with Gasteiger partial charge < -0.3 is 4.98 Å². The molecular formula is C24H30NPS. The lowest BCUT2D eigenvalue weighted by Crippen LogP contribution is -2.30. The smallest absolute Gasteiger partial charge is 0.0397 e. The fourth-order valence-corrected chi connectivity index (χ4v) is 7.59. The Bertz CT molecular complexity index is 914. The average molecular weight is 396 g/mol. The van der Waals surface area contributed by atoms with Crippen molar-refractivity contribution in [1.82, 2.24) is 4.98 Å². The van der Waals surface area contributed by atoms with Gasteiger partial charge in [0.05, 0.1) is 0 Å². The number of hydrogen-bond donors (Lipinski definition) is 1. The summed E-state index contributed by atoms with van der Waals surface area (Å²) in [4.78, 5) is 3.77. The van der Waals surface area contributed by atoms with Gasteiger partial charge in [-0.25, -0.2) is 0 Å². The summed E-state index contributed by atoms with van der Waals surface area (Å²) in [6.45, 7) is 13.6. The van der Waals surface area contributed by atoms with Crippen molar-refractivity contribution >= 4 is 33.8 Å². The Kier molecular flexibility index (Phi) is 5.27. The molecule has 0 bridgehead atoms. The Hall–Kier alpha value is -1.63. The quantitative estimate of drug-likeness (QED) is 0.590. The fourth-order valence-electron chi connectivity index (χ4n) is 3.37. The Morgan fingerprint density at radius 2 is 1.15 bits per heavy atom. The van der Waals surface area contributed by atoms with Gasteiger partial charge in [0.2, 0.25) is 0 Å². The first-order valence-electron chi connectivity index (χ1n) is 9.50. The van der Waals surface area contributed by atoms with Gasteiger partial charge in [0.25, 0.3) is 0 Å². The normalized spacial score (nSPS) is 13.0. The van der Waals surface area contributed by atoms with Crippen LogP contribution < -0.4 is 15.9 Å². The first-order chi connectivity index (χ1) is 12.5. The molecule has 0 amide bonds. The molecular weight excluding hydrogens is 365 g/mol. The lowest BCUT2D eigenvalue weighted by Gasteiger charge is -2.28. The van der Waals surface area contributed by atoms with Crippen molar-refractivity contribution in [3.63, 3.8) is 0 Å². The fraction of sp³-hybridized carbons (Fsp3) is 0.333. The summed E-state index contributed by atoms with van der Waals surface area (Å²) in [6.07, 6.45) is 0. The zero-order chi connectivity index (χ0) is 19.9. The van der Waals surface area contributed by atoms with Crippen LogP contribution in [0.3, 0.4) is 0 Å². The number of benzene rings is 2. The lowest BCUT2D eigenvalue weighted by molar-refractivity contribution is 0.544. The molecule has 3 rings (SSSR count). The predicted octanol–water partition coefficient (Wildman–Crippen LogP) is 5.37. The van der Waals surface area contributed by atoms with Crippen molar-refractivity contribution < 1.29 is 0 Å². The van der Waals surface area contributed by atoms with Crippen LogP contribution in [-0.4, -0.2) is 4.98 Å². The van der Waals surface area contributed by atoms with E-state index in [1.54, 1.807) is 0 Å². The molecule has 0 atom stereocenters. The number of H-pyrrole nitrogens is 1. The summed E-state index contributed by atoms with van der Waals surface area (Å²) in [7, 11) is 0. The molecule has 0 spiro atoms. The largest absolute Gasteiger partial charge is 0.361 e. The van der Waals surface area contributed by atoms with Crippen LogP contribution in [0.5, 0.6) is 0 Å². The van der Waals surface area contributed by atoms with E-state index in [4.69, 9.17) is 11.8 Å². The minimum Gasteiger partial charge on any atom is -0.361 e. The van der Waals surface area contributed by atoms with Crippen LogP contribution in [0, 0.1) is 0 Å². The van der Waals surface area contributed by atoms with Crippen LogP contribution in [0.1, 0.15) is 52.9 Å². The van der Waals surface area contributed by atoms with E-state index >= 15 is 0 Å². The van der Waals surface area contributed by atoms with Crippen LogP contribution in [0.2, 0.25) is 0 Å². The maximum atomic E-state index is 6.59. The van der Waals surface area contributed by atoms with Crippen LogP contribution in [0.25, 0.3) is 0 Å². The maximum absolute atomic E-state index is 6.59. The summed E-state index contributed by atoms with van der Waals surface area (Å²) in [5.41, 5.74) is 2.56. The van der Waals surface area contributed by atoms with Gasteiger partial charge in [-0.1, -0.05) is 114 Å². The van der Waals surface area contributed by atoms with Crippen molar-refractivity contribution in [1.29, 1.82) is 0 Å². The predicted molar refractivity (Wildman–Crippen MR) is 124 cm³/mol. The molecule has 0 radical (unpaired) electrons. The van der Waals surface area contributed by atoms with Gasteiger partial charge in [-0.05, 0) is 16.7 Å². The van der Waals surface area contributed by atoms with E-state index in [9.17, 15) is 0 Å². The molecule has 1 nitrogen and oxygen atoms in total. The van der Waals surface area contributed by atoms with Gasteiger partial charge in [-0.2, -0.15) is 0 Å². The molecule has 1 N–H and O–H groups in total. The minimum absolute atomic E-state index is 0.00749. The molecule has 0 saturated heterocycles. The SMILES string of the molecule is CC(C)(C)c1cc(P(=S)(c2ccccc2)c2ccccc2)c(C(C)(C)C)[nH]1. The lowest BCUT2D eigenvalue weighted by atomic mass is 9.92. The topological polar surface area (TPSA) is 15.8 Å². The van der Waals surface area contributed by atoms with E-state index in [1.165, 1.54) is 27.3 Å². The van der Waals surface area contributed by atoms with E-state index < -0.39 is 6.04 Å². The van der Waals surface area contributed by atoms with Gasteiger partial charge in [-0.15, -0.1) is 0 Å². The van der Waals surface area contributed by atoms with Gasteiger partial charge in [0.1, 0.15) is 0 Å². The van der Waals surface area contributed by atoms with Crippen LogP contribution in [0.4, 0.5) is 0 Å². The summed E-state index contributed by atoms with van der Waals surface area (Å²) in [5.74, 6) is 0. The summed E-state index contributed by atoms with van der Waals surface area (Å²) < 4.78 is 0. The second kappa shape index (κ2) is 7.08. The first kappa shape index (κ1) is 20.1. The molecule has 0 saturated carbocycles. The van der Waals surface area contributed by atoms with E-state index in [2.05, 4.69) is 113 Å². The third-order valence-corrected chi connectivity index (χ3v) is 9.87. The summed E-state index contributed by atoms with van der Waals surface area (Å²) in [5, 5.41) is 3.79. The Balaban J connectivity index is 2.38. The Labute approximate surface area is 169 Å². The second-order valence-corrected chi connectivity index (χ2v) is 13.6. The van der Waals surface area contributed by atoms with Gasteiger partial charge in [0.15, 0.2) is 0 Å². The van der Waals surface area contributed by atoms with Crippen molar-refractivity contribution in [3.8, 4) is 0 Å². The van der Waals surface area contributed by atoms with E-state index in [1.807, 2.05) is 0 Å². The molecule has 0 aliphatic carbocycles. The molecule has 0 fully saturated rings. The van der Waals surface area contributed by atoms with Crippen LogP contribution >= 0.6 is 6.04 Å². The van der Waals surface area contributed by atoms with Crippen molar-refractivity contribution in [2.75, 3.05) is 0 Å². The van der Waals surface area contributed by atoms with Gasteiger partial charge in [0, 0.05) is 33.6 Å². The van der Waals surface area contributed by atoms with Gasteiger partial charge in [-0.3, -0.25) is 0 Å². The second-order valence-electron chi connectivity index (χ2n) is 9.22. The Morgan fingerprint density at radius 3 is 1.52 bits per heavy atom. The average Bonchev–Trinajstić information content (AvgIpc) is 3.09. The molecule has 0 aliphatic heterocycles. The van der Waals surface area contributed by atoms with E-state index in [0.717, 1.165) is 0 Å². The van der Waals surface area contributed by atoms with Crippen LogP contribution in [0.15, 0.2) is 66.7 Å². The standard InChI is InChI=1S/C24H30NPS/c1-23(2,3)21-17-20(22(25-21)24(4,5)6)26(27,18-13-9-7-10-14-18)19-15-11-8-12-16-19/h7-17,25H,1-6H3. The highest BCUT2D eigenvalue weighted by atomic mass is 32.4. The van der Waals surface area contributed by atoms with Crippen molar-refractivity contribution in [2.45, 2.75) is 52.4 Å². The third-order valence-electron chi connectivity index (χ3n) is 4.93. The molecule has 142 valence electrons. The monoisotopic (exact) mass is 395 g/mol. The number of hydrogen-bond acceptors (Lipinski definition) is 1. The highest BCUT2D eigenvalue weighted by molar-refractivity contribution is 8.25. The van der Waals surface area contributed by atoms with Crippen molar-refractivity contribution in [3.05, 3.63) is 78.1 Å². The van der Waals surface area contributed by atoms with Crippen molar-refractivity contribution in [2.24, 2.45) is 0 Å². The molecule has 0 unspecified atom stereocenters. The van der Waals surface area contributed by atoms with E-state index in [-0.39, 0.29) is 10.8 Å². The minimum atomic E-state index is -2.16. The highest BCUT2D eigenvalue weighted by Crippen LogP contribution is 2.46. The maximum Gasteiger partial charge on any atom is 0.0397 e. The van der Waals surface area contributed by atoms with Crippen LogP contribution in [-0.2, 0) is 22.6 Å². The Morgan fingerprint density at radius 1 is 0.704 bits per heavy atom. The number of nitrogens with one attached hydrogen (secondary N) is 1. The summed E-state index contributed by atoms with van der Waals surface area (Å²) >= 11 is 6.59. The molecule has 1 aromatic heterocycles. The number of aromatic amines is 1. The summed E-state index contributed by atoms with van der Waals surface area (Å²) in [6, 6.07) is 21.5. The molecule has 0 aliphatic rings. The molecule has 2 aromatic carbocycles. The molecule has 3 aromatic rings. The van der Waals surface area contributed by atoms with Gasteiger partial charge >= 0.3 is 0 Å². The molecule has 27 heavy (non-hydrogen) atoms. The first-order valence-corrected chi connectivity index (χ1v) is 12.3. The highest BCUT2D eigenvalue weighted by Gasteiger charge is 2.34. The molecule has 1 heterocycles.